The summed E-state index contributed by atoms with van der Waals surface area (Å²) in [5.74, 6) is -1.31. The molecule has 1 amide bonds. The van der Waals surface area contributed by atoms with E-state index in [1.165, 1.54) is 24.3 Å². The molecule has 3 rings (SSSR count). The molecule has 0 aromatic heterocycles. The summed E-state index contributed by atoms with van der Waals surface area (Å²) in [5.41, 5.74) is 1.39. The van der Waals surface area contributed by atoms with Crippen LogP contribution in [0.25, 0.3) is 11.1 Å². The van der Waals surface area contributed by atoms with Crippen LogP contribution < -0.4 is 4.74 Å². The molecule has 1 heterocycles. The molecule has 142 valence electrons. The van der Waals surface area contributed by atoms with Crippen LogP contribution in [-0.4, -0.2) is 41.6 Å². The minimum absolute atomic E-state index is 0.0893. The Morgan fingerprint density at radius 1 is 0.963 bits per heavy atom. The zero-order chi connectivity index (χ0) is 19.2. The summed E-state index contributed by atoms with van der Waals surface area (Å²) in [7, 11) is 0. The summed E-state index contributed by atoms with van der Waals surface area (Å²) >= 11 is 0. The van der Waals surface area contributed by atoms with Crippen molar-refractivity contribution in [3.8, 4) is 16.9 Å². The number of nitrogens with zero attached hydrogens (tertiary/aromatic N) is 1. The molecule has 0 bridgehead atoms. The number of benzene rings is 2. The number of ether oxygens (including phenoxy) is 1. The van der Waals surface area contributed by atoms with Crippen LogP contribution in [0.5, 0.6) is 5.75 Å². The predicted octanol–water partition coefficient (Wildman–Crippen LogP) is 3.97. The lowest BCUT2D eigenvalue weighted by Crippen LogP contribution is -2.35. The van der Waals surface area contributed by atoms with Crippen molar-refractivity contribution in [1.29, 1.82) is 0 Å². The lowest BCUT2D eigenvalue weighted by molar-refractivity contribution is -0.133. The number of carboxylic acid groups (broad SMARTS) is 1. The van der Waals surface area contributed by atoms with Gasteiger partial charge in [-0.3, -0.25) is 4.79 Å². The number of carbonyl (C=O) groups is 2. The van der Waals surface area contributed by atoms with Crippen LogP contribution >= 0.6 is 0 Å². The van der Waals surface area contributed by atoms with Gasteiger partial charge >= 0.3 is 5.97 Å². The second-order valence-corrected chi connectivity index (χ2v) is 6.64. The molecule has 0 atom stereocenters. The number of aromatic carboxylic acids is 1. The molecule has 1 aliphatic heterocycles. The van der Waals surface area contributed by atoms with Crippen LogP contribution in [0.15, 0.2) is 42.5 Å². The third-order valence-electron chi connectivity index (χ3n) is 4.66. The molecule has 1 aliphatic rings. The summed E-state index contributed by atoms with van der Waals surface area (Å²) in [6.45, 7) is 1.36. The standard InChI is InChI=1S/C21H22FNO4/c22-18-11-17(15-5-7-16(8-6-15)21(25)26)12-19(13-18)27-14-20(24)23-9-3-1-2-4-10-23/h5-8,11-13H,1-4,9-10,14H2,(H,25,26). The van der Waals surface area contributed by atoms with E-state index in [0.717, 1.165) is 38.8 Å². The van der Waals surface area contributed by atoms with Crippen molar-refractivity contribution >= 4 is 11.9 Å². The fourth-order valence-electron chi connectivity index (χ4n) is 3.17. The van der Waals surface area contributed by atoms with E-state index in [1.54, 1.807) is 23.1 Å². The smallest absolute Gasteiger partial charge is 0.335 e. The van der Waals surface area contributed by atoms with Gasteiger partial charge in [0, 0.05) is 19.2 Å². The van der Waals surface area contributed by atoms with Crippen molar-refractivity contribution in [2.45, 2.75) is 25.7 Å². The maximum atomic E-state index is 14.0. The van der Waals surface area contributed by atoms with Crippen LogP contribution in [0, 0.1) is 5.82 Å². The molecular formula is C21H22FNO4. The highest BCUT2D eigenvalue weighted by Gasteiger charge is 2.16. The Hall–Kier alpha value is -2.89. The fraction of sp³-hybridized carbons (Fsp3) is 0.333. The average Bonchev–Trinajstić information content (AvgIpc) is 2.95. The first-order chi connectivity index (χ1) is 13.0. The van der Waals surface area contributed by atoms with Crippen molar-refractivity contribution in [2.24, 2.45) is 0 Å². The summed E-state index contributed by atoms with van der Waals surface area (Å²) in [6, 6.07) is 10.4. The van der Waals surface area contributed by atoms with E-state index >= 15 is 0 Å². The van der Waals surface area contributed by atoms with Crippen LogP contribution in [0.4, 0.5) is 4.39 Å². The Bertz CT molecular complexity index is 811. The van der Waals surface area contributed by atoms with E-state index in [2.05, 4.69) is 0 Å². The zero-order valence-corrected chi connectivity index (χ0v) is 15.0. The molecular weight excluding hydrogens is 349 g/mol. The minimum Gasteiger partial charge on any atom is -0.484 e. The number of amides is 1. The summed E-state index contributed by atoms with van der Waals surface area (Å²) in [6.07, 6.45) is 4.28. The quantitative estimate of drug-likeness (QED) is 0.864. The van der Waals surface area contributed by atoms with Crippen LogP contribution in [0.1, 0.15) is 36.0 Å². The number of carbonyl (C=O) groups excluding carboxylic acids is 1. The van der Waals surface area contributed by atoms with Crippen LogP contribution in [0.3, 0.4) is 0 Å². The fourth-order valence-corrected chi connectivity index (χ4v) is 3.17. The maximum absolute atomic E-state index is 14.0. The first-order valence-electron chi connectivity index (χ1n) is 9.08. The van der Waals surface area contributed by atoms with E-state index in [-0.39, 0.29) is 23.8 Å². The number of rotatable bonds is 5. The normalized spacial score (nSPS) is 14.5. The Balaban J connectivity index is 1.69. The van der Waals surface area contributed by atoms with E-state index in [9.17, 15) is 14.0 Å². The molecule has 0 unspecified atom stereocenters. The Labute approximate surface area is 157 Å². The molecule has 0 spiro atoms. The van der Waals surface area contributed by atoms with Gasteiger partial charge in [0.05, 0.1) is 5.56 Å². The van der Waals surface area contributed by atoms with Crippen molar-refractivity contribution in [3.63, 3.8) is 0 Å². The van der Waals surface area contributed by atoms with Gasteiger partial charge in [-0.1, -0.05) is 25.0 Å². The van der Waals surface area contributed by atoms with Gasteiger partial charge in [-0.2, -0.15) is 0 Å². The number of hydrogen-bond donors (Lipinski definition) is 1. The van der Waals surface area contributed by atoms with Gasteiger partial charge in [0.15, 0.2) is 6.61 Å². The molecule has 0 saturated carbocycles. The predicted molar refractivity (Wildman–Crippen MR) is 99.3 cm³/mol. The van der Waals surface area contributed by atoms with Crippen molar-refractivity contribution in [3.05, 3.63) is 53.8 Å². The third-order valence-corrected chi connectivity index (χ3v) is 4.66. The molecule has 1 fully saturated rings. The summed E-state index contributed by atoms with van der Waals surface area (Å²) < 4.78 is 19.5. The van der Waals surface area contributed by atoms with Crippen molar-refractivity contribution < 1.29 is 23.8 Å². The molecule has 1 N–H and O–H groups in total. The average molecular weight is 371 g/mol. The van der Waals surface area contributed by atoms with Gasteiger partial charge in [0.1, 0.15) is 11.6 Å². The van der Waals surface area contributed by atoms with Gasteiger partial charge in [-0.25, -0.2) is 9.18 Å². The Morgan fingerprint density at radius 3 is 2.26 bits per heavy atom. The lowest BCUT2D eigenvalue weighted by Gasteiger charge is -2.20. The largest absolute Gasteiger partial charge is 0.484 e. The molecule has 2 aromatic rings. The van der Waals surface area contributed by atoms with Gasteiger partial charge in [0.2, 0.25) is 0 Å². The Kier molecular flexibility index (Phi) is 6.06. The number of halogens is 1. The monoisotopic (exact) mass is 371 g/mol. The molecule has 1 saturated heterocycles. The Morgan fingerprint density at radius 2 is 1.63 bits per heavy atom. The van der Waals surface area contributed by atoms with Crippen LogP contribution in [-0.2, 0) is 4.79 Å². The second kappa shape index (κ2) is 8.66. The first kappa shape index (κ1) is 18.9. The highest BCUT2D eigenvalue weighted by atomic mass is 19.1. The van der Waals surface area contributed by atoms with Gasteiger partial charge in [0.25, 0.3) is 5.91 Å². The highest BCUT2D eigenvalue weighted by Crippen LogP contribution is 2.26. The molecule has 5 nitrogen and oxygen atoms in total. The van der Waals surface area contributed by atoms with Gasteiger partial charge in [-0.15, -0.1) is 0 Å². The number of hydrogen-bond acceptors (Lipinski definition) is 3. The molecule has 27 heavy (non-hydrogen) atoms. The third kappa shape index (κ3) is 5.06. The molecule has 2 aromatic carbocycles. The maximum Gasteiger partial charge on any atom is 0.335 e. The van der Waals surface area contributed by atoms with Crippen molar-refractivity contribution in [2.75, 3.05) is 19.7 Å². The lowest BCUT2D eigenvalue weighted by atomic mass is 10.0. The summed E-state index contributed by atoms with van der Waals surface area (Å²) in [4.78, 5) is 25.1. The van der Waals surface area contributed by atoms with Gasteiger partial charge < -0.3 is 14.7 Å². The number of likely N-dealkylation sites (tertiary alicyclic amines) is 1. The summed E-state index contributed by atoms with van der Waals surface area (Å²) in [5, 5.41) is 8.97. The molecule has 6 heteroatoms. The SMILES string of the molecule is O=C(O)c1ccc(-c2cc(F)cc(OCC(=O)N3CCCCCC3)c2)cc1. The topological polar surface area (TPSA) is 66.8 Å². The van der Waals surface area contributed by atoms with E-state index in [0.29, 0.717) is 11.1 Å². The van der Waals surface area contributed by atoms with E-state index < -0.39 is 11.8 Å². The van der Waals surface area contributed by atoms with Crippen LogP contribution in [0.2, 0.25) is 0 Å². The first-order valence-corrected chi connectivity index (χ1v) is 9.08. The zero-order valence-electron chi connectivity index (χ0n) is 15.0. The highest BCUT2D eigenvalue weighted by molar-refractivity contribution is 5.88. The second-order valence-electron chi connectivity index (χ2n) is 6.64. The molecule has 0 radical (unpaired) electrons. The van der Waals surface area contributed by atoms with Crippen molar-refractivity contribution in [1.82, 2.24) is 4.90 Å². The molecule has 0 aliphatic carbocycles. The minimum atomic E-state index is -1.02. The number of carboxylic acids is 1. The van der Waals surface area contributed by atoms with E-state index in [1.807, 2.05) is 0 Å². The van der Waals surface area contributed by atoms with E-state index in [4.69, 9.17) is 9.84 Å². The van der Waals surface area contributed by atoms with Gasteiger partial charge in [-0.05, 0) is 48.2 Å².